The van der Waals surface area contributed by atoms with Crippen molar-refractivity contribution in [3.63, 3.8) is 0 Å². The number of nitrogens with zero attached hydrogens (tertiary/aromatic N) is 3. The average molecular weight is 218 g/mol. The van der Waals surface area contributed by atoms with Gasteiger partial charge in [0.15, 0.2) is 0 Å². The molecule has 1 aromatic heterocycles. The molecule has 1 heterocycles. The van der Waals surface area contributed by atoms with Crippen LogP contribution in [0.3, 0.4) is 0 Å². The SMILES string of the molecule is Cn1cc(CNOCc2ccccc2)nn1. The minimum atomic E-state index is 0.543. The predicted molar refractivity (Wildman–Crippen MR) is 59.1 cm³/mol. The van der Waals surface area contributed by atoms with Crippen molar-refractivity contribution < 1.29 is 4.84 Å². The first-order valence-electron chi connectivity index (χ1n) is 5.08. The van der Waals surface area contributed by atoms with Gasteiger partial charge in [0.2, 0.25) is 0 Å². The van der Waals surface area contributed by atoms with Crippen LogP contribution in [0.25, 0.3) is 0 Å². The molecular formula is C11H14N4O. The quantitative estimate of drug-likeness (QED) is 0.601. The Kier molecular flexibility index (Phi) is 3.63. The summed E-state index contributed by atoms with van der Waals surface area (Å²) in [5.74, 6) is 0. The highest BCUT2D eigenvalue weighted by molar-refractivity contribution is 5.13. The molecule has 0 unspecified atom stereocenters. The van der Waals surface area contributed by atoms with E-state index in [1.807, 2.05) is 43.6 Å². The third-order valence-corrected chi connectivity index (χ3v) is 2.09. The zero-order chi connectivity index (χ0) is 11.2. The molecule has 0 aliphatic carbocycles. The summed E-state index contributed by atoms with van der Waals surface area (Å²) in [7, 11) is 1.83. The summed E-state index contributed by atoms with van der Waals surface area (Å²) < 4.78 is 1.66. The van der Waals surface area contributed by atoms with Crippen LogP contribution in [0.2, 0.25) is 0 Å². The summed E-state index contributed by atoms with van der Waals surface area (Å²) >= 11 is 0. The lowest BCUT2D eigenvalue weighted by atomic mass is 10.2. The van der Waals surface area contributed by atoms with Gasteiger partial charge in [-0.05, 0) is 5.56 Å². The highest BCUT2D eigenvalue weighted by Crippen LogP contribution is 1.99. The first-order chi connectivity index (χ1) is 7.84. The lowest BCUT2D eigenvalue weighted by molar-refractivity contribution is 0.0228. The molecule has 0 saturated heterocycles. The Morgan fingerprint density at radius 1 is 1.31 bits per heavy atom. The second kappa shape index (κ2) is 5.39. The normalized spacial score (nSPS) is 10.6. The van der Waals surface area contributed by atoms with Gasteiger partial charge in [0.05, 0.1) is 18.8 Å². The van der Waals surface area contributed by atoms with Crippen molar-refractivity contribution in [2.45, 2.75) is 13.2 Å². The van der Waals surface area contributed by atoms with Crippen molar-refractivity contribution in [1.29, 1.82) is 0 Å². The largest absolute Gasteiger partial charge is 0.297 e. The van der Waals surface area contributed by atoms with Crippen LogP contribution < -0.4 is 5.48 Å². The van der Waals surface area contributed by atoms with Crippen LogP contribution in [0.5, 0.6) is 0 Å². The summed E-state index contributed by atoms with van der Waals surface area (Å²) in [5, 5.41) is 7.76. The van der Waals surface area contributed by atoms with E-state index in [0.29, 0.717) is 13.2 Å². The van der Waals surface area contributed by atoms with Crippen molar-refractivity contribution in [2.75, 3.05) is 0 Å². The summed E-state index contributed by atoms with van der Waals surface area (Å²) in [4.78, 5) is 5.31. The zero-order valence-electron chi connectivity index (χ0n) is 9.13. The fourth-order valence-corrected chi connectivity index (χ4v) is 1.31. The van der Waals surface area contributed by atoms with Crippen molar-refractivity contribution >= 4 is 0 Å². The number of hydroxylamine groups is 1. The summed E-state index contributed by atoms with van der Waals surface area (Å²) in [5.41, 5.74) is 4.84. The second-order valence-electron chi connectivity index (χ2n) is 3.48. The Morgan fingerprint density at radius 2 is 2.12 bits per heavy atom. The molecule has 1 N–H and O–H groups in total. The van der Waals surface area contributed by atoms with Crippen LogP contribution in [0.15, 0.2) is 36.5 Å². The maximum atomic E-state index is 5.31. The fourth-order valence-electron chi connectivity index (χ4n) is 1.31. The van der Waals surface area contributed by atoms with Gasteiger partial charge in [0, 0.05) is 13.2 Å². The Bertz CT molecular complexity index is 427. The predicted octanol–water partition coefficient (Wildman–Crippen LogP) is 1.04. The van der Waals surface area contributed by atoms with Crippen molar-refractivity contribution in [3.8, 4) is 0 Å². The lowest BCUT2D eigenvalue weighted by Gasteiger charge is -2.03. The highest BCUT2D eigenvalue weighted by Gasteiger charge is 1.97. The van der Waals surface area contributed by atoms with Gasteiger partial charge in [-0.2, -0.15) is 5.48 Å². The topological polar surface area (TPSA) is 52.0 Å². The van der Waals surface area contributed by atoms with Crippen LogP contribution in [-0.2, 0) is 25.0 Å². The molecule has 5 heteroatoms. The van der Waals surface area contributed by atoms with E-state index >= 15 is 0 Å². The molecule has 0 spiro atoms. The van der Waals surface area contributed by atoms with Crippen molar-refractivity contribution in [3.05, 3.63) is 47.8 Å². The minimum Gasteiger partial charge on any atom is -0.297 e. The van der Waals surface area contributed by atoms with Crippen LogP contribution in [0.4, 0.5) is 0 Å². The van der Waals surface area contributed by atoms with Gasteiger partial charge in [-0.15, -0.1) is 5.10 Å². The highest BCUT2D eigenvalue weighted by atomic mass is 16.6. The lowest BCUT2D eigenvalue weighted by Crippen LogP contribution is -2.14. The van der Waals surface area contributed by atoms with Gasteiger partial charge in [0.25, 0.3) is 0 Å². The standard InChI is InChI=1S/C11H14N4O/c1-15-8-11(13-14-15)7-12-16-9-10-5-3-2-4-6-10/h2-6,8,12H,7,9H2,1H3. The molecule has 0 bridgehead atoms. The van der Waals surface area contributed by atoms with E-state index in [-0.39, 0.29) is 0 Å². The van der Waals surface area contributed by atoms with Crippen LogP contribution >= 0.6 is 0 Å². The minimum absolute atomic E-state index is 0.543. The third-order valence-electron chi connectivity index (χ3n) is 2.09. The molecule has 0 radical (unpaired) electrons. The first kappa shape index (κ1) is 10.8. The van der Waals surface area contributed by atoms with Gasteiger partial charge < -0.3 is 0 Å². The maximum absolute atomic E-state index is 5.31. The van der Waals surface area contributed by atoms with Crippen molar-refractivity contribution in [2.24, 2.45) is 7.05 Å². The maximum Gasteiger partial charge on any atom is 0.0988 e. The molecule has 1 aromatic carbocycles. The van der Waals surface area contributed by atoms with E-state index in [1.54, 1.807) is 4.68 Å². The number of aryl methyl sites for hydroxylation is 1. The molecule has 5 nitrogen and oxygen atoms in total. The first-order valence-corrected chi connectivity index (χ1v) is 5.08. The number of hydrogen-bond acceptors (Lipinski definition) is 4. The zero-order valence-corrected chi connectivity index (χ0v) is 9.13. The fraction of sp³-hybridized carbons (Fsp3) is 0.273. The molecular weight excluding hydrogens is 204 g/mol. The van der Waals surface area contributed by atoms with E-state index in [1.165, 1.54) is 0 Å². The van der Waals surface area contributed by atoms with Crippen LogP contribution in [0.1, 0.15) is 11.3 Å². The Labute approximate surface area is 94.0 Å². The van der Waals surface area contributed by atoms with E-state index < -0.39 is 0 Å². The molecule has 0 atom stereocenters. The van der Waals surface area contributed by atoms with Gasteiger partial charge in [-0.25, -0.2) is 0 Å². The monoisotopic (exact) mass is 218 g/mol. The van der Waals surface area contributed by atoms with Crippen LogP contribution in [-0.4, -0.2) is 15.0 Å². The molecule has 0 saturated carbocycles. The smallest absolute Gasteiger partial charge is 0.0988 e. The summed E-state index contributed by atoms with van der Waals surface area (Å²) in [6, 6.07) is 9.99. The Hall–Kier alpha value is -1.72. The van der Waals surface area contributed by atoms with Gasteiger partial charge in [-0.3, -0.25) is 9.52 Å². The molecule has 2 rings (SSSR count). The number of aromatic nitrogens is 3. The Morgan fingerprint density at radius 3 is 2.81 bits per heavy atom. The van der Waals surface area contributed by atoms with Gasteiger partial charge >= 0.3 is 0 Å². The molecule has 0 amide bonds. The summed E-state index contributed by atoms with van der Waals surface area (Å²) in [6.07, 6.45) is 1.85. The van der Waals surface area contributed by atoms with Crippen LogP contribution in [0, 0.1) is 0 Å². The Balaban J connectivity index is 1.69. The second-order valence-corrected chi connectivity index (χ2v) is 3.48. The molecule has 0 aliphatic rings. The molecule has 16 heavy (non-hydrogen) atoms. The number of hydrogen-bond donors (Lipinski definition) is 1. The number of benzene rings is 1. The van der Waals surface area contributed by atoms with Gasteiger partial charge in [0.1, 0.15) is 0 Å². The molecule has 0 fully saturated rings. The molecule has 84 valence electrons. The van der Waals surface area contributed by atoms with E-state index in [4.69, 9.17) is 4.84 Å². The van der Waals surface area contributed by atoms with Gasteiger partial charge in [-0.1, -0.05) is 35.5 Å². The van der Waals surface area contributed by atoms with E-state index in [0.717, 1.165) is 11.3 Å². The van der Waals surface area contributed by atoms with E-state index in [9.17, 15) is 0 Å². The summed E-state index contributed by atoms with van der Waals surface area (Å²) in [6.45, 7) is 1.10. The van der Waals surface area contributed by atoms with E-state index in [2.05, 4.69) is 15.8 Å². The number of rotatable bonds is 5. The molecule has 2 aromatic rings. The van der Waals surface area contributed by atoms with Crippen molar-refractivity contribution in [1.82, 2.24) is 20.5 Å². The number of nitrogens with one attached hydrogen (secondary N) is 1. The third kappa shape index (κ3) is 3.15. The molecule has 0 aliphatic heterocycles. The average Bonchev–Trinajstić information content (AvgIpc) is 2.72.